The Morgan fingerprint density at radius 1 is 0.745 bits per heavy atom. The lowest BCUT2D eigenvalue weighted by molar-refractivity contribution is 0.578. The third kappa shape index (κ3) is 7.69. The molecule has 0 heterocycles. The van der Waals surface area contributed by atoms with E-state index in [2.05, 4.69) is 173 Å². The fraction of sp³-hybridized carbons (Fsp3) is 0.196. The van der Waals surface area contributed by atoms with E-state index in [4.69, 9.17) is 0 Å². The maximum atomic E-state index is 4.18. The van der Waals surface area contributed by atoms with Crippen molar-refractivity contribution in [1.82, 2.24) is 0 Å². The second-order valence-electron chi connectivity index (χ2n) is 11.8. The van der Waals surface area contributed by atoms with Crippen LogP contribution in [0.4, 0.5) is 0 Å². The fourth-order valence-corrected chi connectivity index (χ4v) is 6.67. The summed E-state index contributed by atoms with van der Waals surface area (Å²) in [5, 5.41) is 5.18. The Morgan fingerprint density at radius 3 is 2.26 bits per heavy atom. The third-order valence-corrected chi connectivity index (χ3v) is 8.87. The maximum Gasteiger partial charge on any atom is 0.0391 e. The minimum Gasteiger partial charge on any atom is -0.297 e. The zero-order valence-corrected chi connectivity index (χ0v) is 29.0. The summed E-state index contributed by atoms with van der Waals surface area (Å²) in [4.78, 5) is 4.18. The van der Waals surface area contributed by atoms with Gasteiger partial charge in [0.1, 0.15) is 0 Å². The van der Waals surface area contributed by atoms with E-state index in [9.17, 15) is 0 Å². The van der Waals surface area contributed by atoms with Gasteiger partial charge in [-0.05, 0) is 115 Å². The smallest absolute Gasteiger partial charge is 0.0391 e. The second-order valence-corrected chi connectivity index (χ2v) is 11.8. The number of benzene rings is 3. The van der Waals surface area contributed by atoms with Crippen molar-refractivity contribution in [3.63, 3.8) is 0 Å². The van der Waals surface area contributed by atoms with Crippen molar-refractivity contribution < 1.29 is 0 Å². The normalized spacial score (nSPS) is 18.3. The van der Waals surface area contributed by atoms with Crippen LogP contribution in [0, 0.1) is 12.3 Å². The predicted octanol–water partition coefficient (Wildman–Crippen LogP) is 12.7. The van der Waals surface area contributed by atoms with Crippen LogP contribution in [0.2, 0.25) is 0 Å². The van der Waals surface area contributed by atoms with Crippen LogP contribution in [0.25, 0.3) is 27.6 Å². The van der Waals surface area contributed by atoms with Crippen molar-refractivity contribution in [2.45, 2.75) is 47.5 Å². The summed E-state index contributed by atoms with van der Waals surface area (Å²) >= 11 is 0. The molecule has 238 valence electrons. The number of hydrogen-bond donors (Lipinski definition) is 0. The molecular weight excluding hydrogens is 567 g/mol. The maximum absolute atomic E-state index is 4.18. The lowest BCUT2D eigenvalue weighted by atomic mass is 9.73. The Kier molecular flexibility index (Phi) is 12.7. The molecule has 0 fully saturated rings. The molecule has 1 unspecified atom stereocenters. The van der Waals surface area contributed by atoms with Crippen molar-refractivity contribution >= 4 is 33.8 Å². The summed E-state index contributed by atoms with van der Waals surface area (Å²) in [7, 11) is 1.81. The molecular formula is C46H49N. The van der Waals surface area contributed by atoms with Gasteiger partial charge in [0.25, 0.3) is 0 Å². The monoisotopic (exact) mass is 615 g/mol. The number of hydrogen-bond acceptors (Lipinski definition) is 1. The predicted molar refractivity (Wildman–Crippen MR) is 211 cm³/mol. The molecule has 0 radical (unpaired) electrons. The summed E-state index contributed by atoms with van der Waals surface area (Å²) in [6, 6.07) is 15.7. The lowest BCUT2D eigenvalue weighted by Gasteiger charge is -2.30. The van der Waals surface area contributed by atoms with Crippen LogP contribution >= 0.6 is 0 Å². The summed E-state index contributed by atoms with van der Waals surface area (Å²) in [6.07, 6.45) is 40.4. The average molecular weight is 616 g/mol. The van der Waals surface area contributed by atoms with Gasteiger partial charge in [0.05, 0.1) is 0 Å². The van der Waals surface area contributed by atoms with E-state index in [0.29, 0.717) is 0 Å². The topological polar surface area (TPSA) is 12.4 Å². The Morgan fingerprint density at radius 2 is 1.51 bits per heavy atom. The number of rotatable bonds is 13. The molecule has 1 nitrogen and oxygen atoms in total. The van der Waals surface area contributed by atoms with E-state index in [-0.39, 0.29) is 5.41 Å². The Labute approximate surface area is 283 Å². The highest BCUT2D eigenvalue weighted by Crippen LogP contribution is 2.52. The first kappa shape index (κ1) is 34.9. The molecule has 0 spiro atoms. The van der Waals surface area contributed by atoms with Crippen LogP contribution < -0.4 is 0 Å². The second kappa shape index (κ2) is 17.1. The quantitative estimate of drug-likeness (QED) is 0.0785. The molecule has 0 N–H and O–H groups in total. The lowest BCUT2D eigenvalue weighted by Crippen LogP contribution is -2.19. The third-order valence-electron chi connectivity index (χ3n) is 8.87. The Hall–Kier alpha value is -5.01. The van der Waals surface area contributed by atoms with Gasteiger partial charge in [0.15, 0.2) is 0 Å². The Bertz CT molecular complexity index is 1940. The van der Waals surface area contributed by atoms with Crippen molar-refractivity contribution in [3.8, 4) is 0 Å². The SMILES string of the molecule is C=CCc1cccc2cc(/C=C/C3=C(/C=C\C)C(/C=C/C=C\C=C/C)(C/C=C\C=NC)C(C)=C3/C=C\C=C/C)c3cccc(C)c3c12. The molecule has 0 amide bonds. The summed E-state index contributed by atoms with van der Waals surface area (Å²) in [5.41, 5.74) is 8.61. The van der Waals surface area contributed by atoms with Crippen molar-refractivity contribution in [1.29, 1.82) is 0 Å². The van der Waals surface area contributed by atoms with Crippen LogP contribution in [0.1, 0.15) is 50.8 Å². The highest BCUT2D eigenvalue weighted by molar-refractivity contribution is 6.13. The number of fused-ring (bicyclic) bond motifs is 3. The zero-order valence-electron chi connectivity index (χ0n) is 29.0. The first-order chi connectivity index (χ1) is 23.0. The molecule has 0 aromatic heterocycles. The van der Waals surface area contributed by atoms with Gasteiger partial charge in [-0.1, -0.05) is 139 Å². The molecule has 1 atom stereocenters. The van der Waals surface area contributed by atoms with Crippen molar-refractivity contribution in [2.75, 3.05) is 7.05 Å². The number of nitrogens with zero attached hydrogens (tertiary/aromatic N) is 1. The molecule has 47 heavy (non-hydrogen) atoms. The summed E-state index contributed by atoms with van der Waals surface area (Å²) in [5.74, 6) is 0. The molecule has 3 aromatic carbocycles. The average Bonchev–Trinajstić information content (AvgIpc) is 3.28. The molecule has 0 aliphatic heterocycles. The van der Waals surface area contributed by atoms with E-state index >= 15 is 0 Å². The molecule has 4 rings (SSSR count). The van der Waals surface area contributed by atoms with Crippen LogP contribution in [0.15, 0.2) is 174 Å². The van der Waals surface area contributed by atoms with Gasteiger partial charge in [0.2, 0.25) is 0 Å². The largest absolute Gasteiger partial charge is 0.297 e. The number of allylic oxidation sites excluding steroid dienone is 20. The summed E-state index contributed by atoms with van der Waals surface area (Å²) < 4.78 is 0. The van der Waals surface area contributed by atoms with E-state index < -0.39 is 0 Å². The van der Waals surface area contributed by atoms with E-state index in [1.165, 1.54) is 60.5 Å². The summed E-state index contributed by atoms with van der Waals surface area (Å²) in [6.45, 7) is 14.7. The molecule has 1 heteroatoms. The molecule has 1 aliphatic rings. The number of aryl methyl sites for hydroxylation is 1. The molecule has 1 aliphatic carbocycles. The highest BCUT2D eigenvalue weighted by Gasteiger charge is 2.39. The van der Waals surface area contributed by atoms with Crippen molar-refractivity contribution in [3.05, 3.63) is 185 Å². The van der Waals surface area contributed by atoms with Gasteiger partial charge in [0, 0.05) is 18.7 Å². The van der Waals surface area contributed by atoms with Gasteiger partial charge in [-0.25, -0.2) is 0 Å². The van der Waals surface area contributed by atoms with Crippen molar-refractivity contribution in [2.24, 2.45) is 10.4 Å². The molecule has 0 bridgehead atoms. The van der Waals surface area contributed by atoms with E-state index in [0.717, 1.165) is 12.8 Å². The standard InChI is InChI=1S/C46H49N/c1-8-12-14-15-17-31-46(32-18-19-33-47-7)36(6)40(27-16-13-9-2)42(43(46)23-11-4)30-29-38-34-39-26-21-25-37(22-10-3)45(39)44-35(5)24-20-28-41(38)44/h8-21,23-31,33-34H,3,22,32H2,1-2,4-7H3/b12-8-,13-9-,15-14-,19-18-,23-11-,27-16-,30-29+,31-17+,47-33?. The van der Waals surface area contributed by atoms with Crippen LogP contribution in [0.5, 0.6) is 0 Å². The van der Waals surface area contributed by atoms with Gasteiger partial charge in [-0.3, -0.25) is 4.99 Å². The van der Waals surface area contributed by atoms with Gasteiger partial charge < -0.3 is 0 Å². The first-order valence-corrected chi connectivity index (χ1v) is 16.6. The first-order valence-electron chi connectivity index (χ1n) is 16.6. The van der Waals surface area contributed by atoms with Gasteiger partial charge in [-0.2, -0.15) is 0 Å². The van der Waals surface area contributed by atoms with E-state index in [1.54, 1.807) is 0 Å². The van der Waals surface area contributed by atoms with Crippen LogP contribution in [-0.2, 0) is 6.42 Å². The number of aliphatic imine (C=N–C) groups is 1. The van der Waals surface area contributed by atoms with Gasteiger partial charge >= 0.3 is 0 Å². The Balaban J connectivity index is 2.03. The minimum absolute atomic E-state index is 0.318. The molecule has 0 saturated heterocycles. The fourth-order valence-electron chi connectivity index (χ4n) is 6.67. The molecule has 3 aromatic rings. The highest BCUT2D eigenvalue weighted by atomic mass is 14.6. The van der Waals surface area contributed by atoms with E-state index in [1.807, 2.05) is 32.3 Å². The van der Waals surface area contributed by atoms with Crippen LogP contribution in [-0.4, -0.2) is 13.3 Å². The minimum atomic E-state index is -0.318. The zero-order chi connectivity index (χ0) is 33.6. The van der Waals surface area contributed by atoms with Crippen LogP contribution in [0.3, 0.4) is 0 Å². The molecule has 0 saturated carbocycles. The van der Waals surface area contributed by atoms with Gasteiger partial charge in [-0.15, -0.1) is 6.58 Å².